The molecule has 0 saturated carbocycles. The van der Waals surface area contributed by atoms with Gasteiger partial charge in [-0.1, -0.05) is 26.1 Å². The number of rotatable bonds is 6. The van der Waals surface area contributed by atoms with Crippen molar-refractivity contribution >= 4 is 23.1 Å². The maximum Gasteiger partial charge on any atom is 0.233 e. The van der Waals surface area contributed by atoms with Crippen molar-refractivity contribution in [3.05, 3.63) is 18.0 Å². The second kappa shape index (κ2) is 5.95. The van der Waals surface area contributed by atoms with Crippen molar-refractivity contribution in [3.63, 3.8) is 0 Å². The predicted molar refractivity (Wildman–Crippen MR) is 74.9 cm³/mol. The van der Waals surface area contributed by atoms with Crippen LogP contribution in [0.3, 0.4) is 0 Å². The van der Waals surface area contributed by atoms with E-state index in [1.54, 1.807) is 10.9 Å². The monoisotopic (exact) mass is 268 g/mol. The average molecular weight is 268 g/mol. The van der Waals surface area contributed by atoms with Crippen LogP contribution in [0.5, 0.6) is 0 Å². The van der Waals surface area contributed by atoms with Gasteiger partial charge in [0.25, 0.3) is 0 Å². The standard InChI is InChI=1S/C12H20N4OS/c1-4-12(5-2,10(13)18)11(17)14-8-9-6-7-15-16(9)3/h6-7H,4-5,8H2,1-3H3,(H2,13,18)(H,14,17). The Morgan fingerprint density at radius 3 is 2.56 bits per heavy atom. The van der Waals surface area contributed by atoms with E-state index in [9.17, 15) is 4.79 Å². The highest BCUT2D eigenvalue weighted by atomic mass is 32.1. The molecule has 18 heavy (non-hydrogen) atoms. The van der Waals surface area contributed by atoms with Gasteiger partial charge in [0.1, 0.15) is 0 Å². The summed E-state index contributed by atoms with van der Waals surface area (Å²) in [6.07, 6.45) is 2.91. The topological polar surface area (TPSA) is 72.9 Å². The van der Waals surface area contributed by atoms with Gasteiger partial charge in [0.05, 0.1) is 22.6 Å². The van der Waals surface area contributed by atoms with Crippen LogP contribution in [0.4, 0.5) is 0 Å². The number of nitrogens with zero attached hydrogens (tertiary/aromatic N) is 2. The summed E-state index contributed by atoms with van der Waals surface area (Å²) < 4.78 is 1.72. The molecule has 0 aromatic carbocycles. The Morgan fingerprint density at radius 1 is 1.56 bits per heavy atom. The number of nitrogens with one attached hydrogen (secondary N) is 1. The van der Waals surface area contributed by atoms with Gasteiger partial charge in [0.15, 0.2) is 0 Å². The van der Waals surface area contributed by atoms with Crippen molar-refractivity contribution in [2.45, 2.75) is 33.2 Å². The van der Waals surface area contributed by atoms with Crippen LogP contribution in [-0.2, 0) is 18.4 Å². The number of thiocarbonyl (C=S) groups is 1. The fraction of sp³-hybridized carbons (Fsp3) is 0.583. The minimum absolute atomic E-state index is 0.110. The third kappa shape index (κ3) is 2.69. The Hall–Kier alpha value is -1.43. The fourth-order valence-corrected chi connectivity index (χ4v) is 2.33. The Kier molecular flexibility index (Phi) is 4.84. The summed E-state index contributed by atoms with van der Waals surface area (Å²) in [6, 6.07) is 1.86. The normalized spacial score (nSPS) is 11.3. The second-order valence-electron chi connectivity index (χ2n) is 4.28. The number of hydrogen-bond acceptors (Lipinski definition) is 3. The van der Waals surface area contributed by atoms with Crippen LogP contribution in [-0.4, -0.2) is 20.7 Å². The van der Waals surface area contributed by atoms with E-state index >= 15 is 0 Å². The first-order valence-electron chi connectivity index (χ1n) is 6.03. The quantitative estimate of drug-likeness (QED) is 0.759. The summed E-state index contributed by atoms with van der Waals surface area (Å²) in [7, 11) is 1.84. The van der Waals surface area contributed by atoms with Gasteiger partial charge in [-0.3, -0.25) is 9.48 Å². The SMILES string of the molecule is CCC(CC)(C(=O)NCc1ccnn1C)C(N)=S. The van der Waals surface area contributed by atoms with Crippen LogP contribution < -0.4 is 11.1 Å². The molecular weight excluding hydrogens is 248 g/mol. The van der Waals surface area contributed by atoms with Gasteiger partial charge in [-0.25, -0.2) is 0 Å². The van der Waals surface area contributed by atoms with E-state index in [1.165, 1.54) is 0 Å². The Labute approximate surface area is 113 Å². The van der Waals surface area contributed by atoms with Gasteiger partial charge in [-0.2, -0.15) is 5.10 Å². The maximum absolute atomic E-state index is 12.3. The summed E-state index contributed by atoms with van der Waals surface area (Å²) in [6.45, 7) is 4.28. The van der Waals surface area contributed by atoms with E-state index in [0.29, 0.717) is 19.4 Å². The Bertz CT molecular complexity index is 437. The highest BCUT2D eigenvalue weighted by Crippen LogP contribution is 2.27. The van der Waals surface area contributed by atoms with E-state index in [2.05, 4.69) is 10.4 Å². The smallest absolute Gasteiger partial charge is 0.233 e. The minimum atomic E-state index is -0.742. The zero-order valence-electron chi connectivity index (χ0n) is 11.1. The molecule has 0 aliphatic heterocycles. The molecule has 0 fully saturated rings. The van der Waals surface area contributed by atoms with Crippen molar-refractivity contribution in [1.82, 2.24) is 15.1 Å². The van der Waals surface area contributed by atoms with Gasteiger partial charge >= 0.3 is 0 Å². The van der Waals surface area contributed by atoms with Crippen LogP contribution in [0.25, 0.3) is 0 Å². The fourth-order valence-electron chi connectivity index (χ4n) is 1.95. The Balaban J connectivity index is 2.75. The molecule has 100 valence electrons. The molecule has 0 aliphatic carbocycles. The first kappa shape index (κ1) is 14.6. The molecular formula is C12H20N4OS. The first-order valence-corrected chi connectivity index (χ1v) is 6.43. The van der Waals surface area contributed by atoms with Gasteiger partial charge in [-0.05, 0) is 18.9 Å². The van der Waals surface area contributed by atoms with E-state index in [-0.39, 0.29) is 10.9 Å². The Morgan fingerprint density at radius 2 is 2.17 bits per heavy atom. The molecule has 0 unspecified atom stereocenters. The highest BCUT2D eigenvalue weighted by molar-refractivity contribution is 7.80. The zero-order chi connectivity index (χ0) is 13.8. The molecule has 1 rings (SSSR count). The van der Waals surface area contributed by atoms with Crippen LogP contribution in [0.1, 0.15) is 32.4 Å². The predicted octanol–water partition coefficient (Wildman–Crippen LogP) is 1.13. The molecule has 0 atom stereocenters. The molecule has 1 heterocycles. The molecule has 0 saturated heterocycles. The van der Waals surface area contributed by atoms with Crippen molar-refractivity contribution in [2.75, 3.05) is 0 Å². The highest BCUT2D eigenvalue weighted by Gasteiger charge is 2.37. The second-order valence-corrected chi connectivity index (χ2v) is 4.72. The number of aryl methyl sites for hydroxylation is 1. The lowest BCUT2D eigenvalue weighted by Gasteiger charge is -2.28. The zero-order valence-corrected chi connectivity index (χ0v) is 11.9. The van der Waals surface area contributed by atoms with Crippen molar-refractivity contribution in [1.29, 1.82) is 0 Å². The third-order valence-electron chi connectivity index (χ3n) is 3.47. The summed E-state index contributed by atoms with van der Waals surface area (Å²) in [5.74, 6) is -0.110. The van der Waals surface area contributed by atoms with Gasteiger partial charge in [0.2, 0.25) is 5.91 Å². The molecule has 0 spiro atoms. The molecule has 0 aliphatic rings. The number of aromatic nitrogens is 2. The minimum Gasteiger partial charge on any atom is -0.392 e. The molecule has 0 radical (unpaired) electrons. The van der Waals surface area contributed by atoms with E-state index in [4.69, 9.17) is 18.0 Å². The van der Waals surface area contributed by atoms with Gasteiger partial charge < -0.3 is 11.1 Å². The molecule has 1 amide bonds. The largest absolute Gasteiger partial charge is 0.392 e. The lowest BCUT2D eigenvalue weighted by atomic mass is 9.81. The van der Waals surface area contributed by atoms with Crippen LogP contribution in [0, 0.1) is 5.41 Å². The number of amides is 1. The number of carbonyl (C=O) groups is 1. The van der Waals surface area contributed by atoms with E-state index < -0.39 is 5.41 Å². The van der Waals surface area contributed by atoms with E-state index in [0.717, 1.165) is 5.69 Å². The average Bonchev–Trinajstić information content (AvgIpc) is 2.74. The molecule has 0 bridgehead atoms. The number of nitrogens with two attached hydrogens (primary N) is 1. The maximum atomic E-state index is 12.3. The van der Waals surface area contributed by atoms with Gasteiger partial charge in [0, 0.05) is 13.2 Å². The third-order valence-corrected chi connectivity index (χ3v) is 3.86. The summed E-state index contributed by atoms with van der Waals surface area (Å²) in [5.41, 5.74) is 5.92. The van der Waals surface area contributed by atoms with E-state index in [1.807, 2.05) is 27.0 Å². The first-order chi connectivity index (χ1) is 8.47. The molecule has 1 aromatic heterocycles. The van der Waals surface area contributed by atoms with Crippen molar-refractivity contribution in [2.24, 2.45) is 18.2 Å². The lowest BCUT2D eigenvalue weighted by molar-refractivity contribution is -0.128. The van der Waals surface area contributed by atoms with Crippen LogP contribution >= 0.6 is 12.2 Å². The summed E-state index contributed by atoms with van der Waals surface area (Å²) >= 11 is 5.04. The van der Waals surface area contributed by atoms with Crippen LogP contribution in [0.2, 0.25) is 0 Å². The summed E-state index contributed by atoms with van der Waals surface area (Å²) in [5, 5.41) is 6.93. The molecule has 1 aromatic rings. The molecule has 6 heteroatoms. The number of carbonyl (C=O) groups excluding carboxylic acids is 1. The lowest BCUT2D eigenvalue weighted by Crippen LogP contribution is -2.48. The number of hydrogen-bond donors (Lipinski definition) is 2. The molecule has 3 N–H and O–H groups in total. The van der Waals surface area contributed by atoms with Crippen molar-refractivity contribution < 1.29 is 4.79 Å². The van der Waals surface area contributed by atoms with Crippen molar-refractivity contribution in [3.8, 4) is 0 Å². The van der Waals surface area contributed by atoms with Gasteiger partial charge in [-0.15, -0.1) is 0 Å². The molecule has 5 nitrogen and oxygen atoms in total. The summed E-state index contributed by atoms with van der Waals surface area (Å²) in [4.78, 5) is 12.5. The van der Waals surface area contributed by atoms with Crippen LogP contribution in [0.15, 0.2) is 12.3 Å².